The summed E-state index contributed by atoms with van der Waals surface area (Å²) in [6, 6.07) is 5.90. The van der Waals surface area contributed by atoms with E-state index in [0.717, 1.165) is 10.0 Å². The van der Waals surface area contributed by atoms with Crippen LogP contribution in [0.2, 0.25) is 5.02 Å². The summed E-state index contributed by atoms with van der Waals surface area (Å²) in [4.78, 5) is 0. The van der Waals surface area contributed by atoms with Crippen LogP contribution in [-0.2, 0) is 10.8 Å². The molecule has 2 atom stereocenters. The summed E-state index contributed by atoms with van der Waals surface area (Å²) < 4.78 is 12.8. The van der Waals surface area contributed by atoms with Crippen molar-refractivity contribution < 1.29 is 4.21 Å². The molecule has 1 saturated heterocycles. The molecule has 2 rings (SSSR count). The lowest BCUT2D eigenvalue weighted by atomic mass is 10.0. The third-order valence-corrected chi connectivity index (χ3v) is 5.35. The Morgan fingerprint density at radius 2 is 2.24 bits per heavy atom. The van der Waals surface area contributed by atoms with E-state index in [2.05, 4.69) is 35.1 Å². The minimum Gasteiger partial charge on any atom is -0.303 e. The molecule has 0 saturated carbocycles. The van der Waals surface area contributed by atoms with Crippen LogP contribution in [0.4, 0.5) is 0 Å². The molecule has 0 aromatic heterocycles. The molecule has 1 aliphatic heterocycles. The molecule has 5 heteroatoms. The minimum absolute atomic E-state index is 0.0696. The van der Waals surface area contributed by atoms with E-state index in [1.165, 1.54) is 0 Å². The van der Waals surface area contributed by atoms with Gasteiger partial charge in [-0.2, -0.15) is 0 Å². The highest BCUT2D eigenvalue weighted by Crippen LogP contribution is 2.30. The molecule has 0 radical (unpaired) electrons. The molecule has 0 amide bonds. The Bertz CT molecular complexity index is 464. The highest BCUT2D eigenvalue weighted by molar-refractivity contribution is 9.10. The van der Waals surface area contributed by atoms with Gasteiger partial charge in [0.25, 0.3) is 0 Å². The molecule has 1 heterocycles. The van der Waals surface area contributed by atoms with Gasteiger partial charge in [-0.3, -0.25) is 4.21 Å². The quantitative estimate of drug-likeness (QED) is 0.853. The topological polar surface area (TPSA) is 29.1 Å². The van der Waals surface area contributed by atoms with Crippen LogP contribution in [-0.4, -0.2) is 21.3 Å². The standard InChI is InChI=1S/C12H15BrClNOS/c1-12(2)7-17(16)6-11(15-12)9-4-3-8(13)5-10(9)14/h3-5,11,15H,6-7H2,1-2H3. The molecule has 1 N–H and O–H groups in total. The lowest BCUT2D eigenvalue weighted by molar-refractivity contribution is 0.369. The van der Waals surface area contributed by atoms with Crippen molar-refractivity contribution in [3.05, 3.63) is 33.3 Å². The van der Waals surface area contributed by atoms with Crippen molar-refractivity contribution in [2.24, 2.45) is 0 Å². The molecule has 0 spiro atoms. The zero-order valence-electron chi connectivity index (χ0n) is 9.80. The molecule has 2 unspecified atom stereocenters. The predicted octanol–water partition coefficient (Wildman–Crippen LogP) is 3.27. The highest BCUT2D eigenvalue weighted by atomic mass is 79.9. The SMILES string of the molecule is CC1(C)CS(=O)CC(c2ccc(Br)cc2Cl)N1. The predicted molar refractivity (Wildman–Crippen MR) is 77.0 cm³/mol. The Balaban J connectivity index is 2.30. The lowest BCUT2D eigenvalue weighted by Gasteiger charge is -2.37. The second-order valence-electron chi connectivity index (χ2n) is 5.00. The average molecular weight is 337 g/mol. The number of halogens is 2. The first kappa shape index (κ1) is 13.5. The Hall–Kier alpha value is 0.1000. The smallest absolute Gasteiger partial charge is 0.0465 e. The number of benzene rings is 1. The molecule has 1 aromatic carbocycles. The first-order valence-corrected chi connectivity index (χ1v) is 8.11. The van der Waals surface area contributed by atoms with Gasteiger partial charge in [-0.1, -0.05) is 33.6 Å². The first-order chi connectivity index (χ1) is 7.87. The van der Waals surface area contributed by atoms with Crippen molar-refractivity contribution in [2.45, 2.75) is 25.4 Å². The van der Waals surface area contributed by atoms with E-state index in [1.54, 1.807) is 0 Å². The lowest BCUT2D eigenvalue weighted by Crippen LogP contribution is -2.52. The Morgan fingerprint density at radius 3 is 2.82 bits per heavy atom. The Labute approximate surface area is 118 Å². The molecule has 2 nitrogen and oxygen atoms in total. The molecule has 17 heavy (non-hydrogen) atoms. The van der Waals surface area contributed by atoms with Crippen LogP contribution in [0.3, 0.4) is 0 Å². The van der Waals surface area contributed by atoms with Crippen LogP contribution in [0.1, 0.15) is 25.5 Å². The monoisotopic (exact) mass is 335 g/mol. The van der Waals surface area contributed by atoms with Gasteiger partial charge in [0.2, 0.25) is 0 Å². The highest BCUT2D eigenvalue weighted by Gasteiger charge is 2.32. The third-order valence-electron chi connectivity index (χ3n) is 2.78. The molecule has 1 fully saturated rings. The zero-order chi connectivity index (χ0) is 12.6. The summed E-state index contributed by atoms with van der Waals surface area (Å²) in [6.45, 7) is 4.15. The minimum atomic E-state index is -0.787. The van der Waals surface area contributed by atoms with E-state index in [-0.39, 0.29) is 11.6 Å². The van der Waals surface area contributed by atoms with Crippen molar-refractivity contribution in [1.82, 2.24) is 5.32 Å². The van der Waals surface area contributed by atoms with E-state index in [9.17, 15) is 4.21 Å². The molecular weight excluding hydrogens is 322 g/mol. The van der Waals surface area contributed by atoms with Gasteiger partial charge in [-0.15, -0.1) is 0 Å². The Kier molecular flexibility index (Phi) is 3.98. The second-order valence-corrected chi connectivity index (χ2v) is 7.82. The fraction of sp³-hybridized carbons (Fsp3) is 0.500. The third kappa shape index (κ3) is 3.31. The van der Waals surface area contributed by atoms with E-state index < -0.39 is 10.8 Å². The first-order valence-electron chi connectivity index (χ1n) is 5.45. The summed E-state index contributed by atoms with van der Waals surface area (Å²) >= 11 is 9.62. The van der Waals surface area contributed by atoms with Gasteiger partial charge in [0.15, 0.2) is 0 Å². The van der Waals surface area contributed by atoms with Crippen molar-refractivity contribution in [3.63, 3.8) is 0 Å². The molecule has 0 bridgehead atoms. The number of nitrogens with one attached hydrogen (secondary N) is 1. The van der Waals surface area contributed by atoms with Gasteiger partial charge in [0, 0.05) is 43.4 Å². The molecule has 1 aromatic rings. The van der Waals surface area contributed by atoms with E-state index >= 15 is 0 Å². The summed E-state index contributed by atoms with van der Waals surface area (Å²) in [5.41, 5.74) is 0.917. The number of rotatable bonds is 1. The largest absolute Gasteiger partial charge is 0.303 e. The maximum atomic E-state index is 11.9. The maximum absolute atomic E-state index is 11.9. The van der Waals surface area contributed by atoms with E-state index in [0.29, 0.717) is 16.5 Å². The average Bonchev–Trinajstić information content (AvgIpc) is 2.13. The normalized spacial score (nSPS) is 28.0. The summed E-state index contributed by atoms with van der Waals surface area (Å²) in [6.07, 6.45) is 0. The molecule has 0 aliphatic carbocycles. The molecular formula is C12H15BrClNOS. The second kappa shape index (κ2) is 5.00. The van der Waals surface area contributed by atoms with Crippen LogP contribution < -0.4 is 5.32 Å². The maximum Gasteiger partial charge on any atom is 0.0465 e. The van der Waals surface area contributed by atoms with Crippen LogP contribution in [0.15, 0.2) is 22.7 Å². The van der Waals surface area contributed by atoms with Crippen LogP contribution in [0.25, 0.3) is 0 Å². The van der Waals surface area contributed by atoms with Crippen molar-refractivity contribution in [3.8, 4) is 0 Å². The van der Waals surface area contributed by atoms with Crippen LogP contribution in [0, 0.1) is 0 Å². The summed E-state index contributed by atoms with van der Waals surface area (Å²) in [5.74, 6) is 1.32. The van der Waals surface area contributed by atoms with Crippen molar-refractivity contribution in [1.29, 1.82) is 0 Å². The van der Waals surface area contributed by atoms with E-state index in [1.807, 2.05) is 18.2 Å². The number of hydrogen-bond donors (Lipinski definition) is 1. The molecule has 94 valence electrons. The van der Waals surface area contributed by atoms with Crippen LogP contribution in [0.5, 0.6) is 0 Å². The van der Waals surface area contributed by atoms with Crippen molar-refractivity contribution in [2.75, 3.05) is 11.5 Å². The zero-order valence-corrected chi connectivity index (χ0v) is 13.0. The fourth-order valence-electron chi connectivity index (χ4n) is 2.15. The van der Waals surface area contributed by atoms with Gasteiger partial charge in [-0.05, 0) is 31.5 Å². The van der Waals surface area contributed by atoms with Gasteiger partial charge >= 0.3 is 0 Å². The van der Waals surface area contributed by atoms with Crippen molar-refractivity contribution >= 4 is 38.3 Å². The van der Waals surface area contributed by atoms with E-state index in [4.69, 9.17) is 11.6 Å². The summed E-state index contributed by atoms with van der Waals surface area (Å²) in [5, 5.41) is 4.22. The van der Waals surface area contributed by atoms with Gasteiger partial charge in [0.05, 0.1) is 0 Å². The molecule has 1 aliphatic rings. The summed E-state index contributed by atoms with van der Waals surface area (Å²) in [7, 11) is -0.787. The van der Waals surface area contributed by atoms with Crippen LogP contribution >= 0.6 is 27.5 Å². The Morgan fingerprint density at radius 1 is 1.53 bits per heavy atom. The van der Waals surface area contributed by atoms with Gasteiger partial charge < -0.3 is 5.32 Å². The fourth-order valence-corrected chi connectivity index (χ4v) is 4.60. The van der Waals surface area contributed by atoms with Gasteiger partial charge in [0.1, 0.15) is 0 Å². The van der Waals surface area contributed by atoms with Gasteiger partial charge in [-0.25, -0.2) is 0 Å². The number of hydrogen-bond acceptors (Lipinski definition) is 2.